The van der Waals surface area contributed by atoms with Crippen LogP contribution in [0.4, 0.5) is 0 Å². The predicted octanol–water partition coefficient (Wildman–Crippen LogP) is 1.58. The standard InChI is InChI=1S/C11H12ClN3O2/c12-8-4-1-3-7-10(11(16)17)14-9(15(7)8)5-2-6-13/h1,3-4H,2,5-6,13H2,(H,16,17). The molecule has 2 heterocycles. The molecule has 0 atom stereocenters. The van der Waals surface area contributed by atoms with Crippen molar-refractivity contribution in [2.45, 2.75) is 12.8 Å². The lowest BCUT2D eigenvalue weighted by Gasteiger charge is -2.02. The van der Waals surface area contributed by atoms with Crippen LogP contribution < -0.4 is 5.73 Å². The highest BCUT2D eigenvalue weighted by atomic mass is 35.5. The van der Waals surface area contributed by atoms with Crippen LogP contribution in [0.5, 0.6) is 0 Å². The summed E-state index contributed by atoms with van der Waals surface area (Å²) in [5.41, 5.74) is 5.98. The van der Waals surface area contributed by atoms with Gasteiger partial charge in [0.1, 0.15) is 11.0 Å². The van der Waals surface area contributed by atoms with E-state index in [1.807, 2.05) is 0 Å². The molecule has 0 amide bonds. The molecule has 2 aromatic heterocycles. The molecule has 0 radical (unpaired) electrons. The summed E-state index contributed by atoms with van der Waals surface area (Å²) >= 11 is 6.06. The van der Waals surface area contributed by atoms with Crippen molar-refractivity contribution in [3.8, 4) is 0 Å². The molecule has 90 valence electrons. The first-order chi connectivity index (χ1) is 8.15. The zero-order valence-electron chi connectivity index (χ0n) is 9.06. The molecule has 0 bridgehead atoms. The molecule has 0 saturated heterocycles. The largest absolute Gasteiger partial charge is 0.476 e. The highest BCUT2D eigenvalue weighted by Crippen LogP contribution is 2.20. The van der Waals surface area contributed by atoms with Crippen LogP contribution in [0.2, 0.25) is 5.15 Å². The highest BCUT2D eigenvalue weighted by Gasteiger charge is 2.17. The van der Waals surface area contributed by atoms with Crippen LogP contribution in [0.15, 0.2) is 18.2 Å². The monoisotopic (exact) mass is 253 g/mol. The SMILES string of the molecule is NCCCc1nc(C(=O)O)c2cccc(Cl)n12. The summed E-state index contributed by atoms with van der Waals surface area (Å²) in [6, 6.07) is 5.10. The Kier molecular flexibility index (Phi) is 3.31. The third-order valence-corrected chi connectivity index (χ3v) is 2.79. The number of carbonyl (C=O) groups is 1. The predicted molar refractivity (Wildman–Crippen MR) is 64.5 cm³/mol. The van der Waals surface area contributed by atoms with Gasteiger partial charge in [-0.2, -0.15) is 0 Å². The molecule has 5 nitrogen and oxygen atoms in total. The maximum absolute atomic E-state index is 11.1. The summed E-state index contributed by atoms with van der Waals surface area (Å²) in [6.45, 7) is 0.530. The van der Waals surface area contributed by atoms with Crippen molar-refractivity contribution in [2.75, 3.05) is 6.54 Å². The minimum atomic E-state index is -1.05. The first-order valence-electron chi connectivity index (χ1n) is 5.24. The van der Waals surface area contributed by atoms with Gasteiger partial charge in [0, 0.05) is 6.42 Å². The molecule has 0 saturated carbocycles. The summed E-state index contributed by atoms with van der Waals surface area (Å²) in [5.74, 6) is -0.419. The molecular formula is C11H12ClN3O2. The lowest BCUT2D eigenvalue weighted by Crippen LogP contribution is -2.03. The smallest absolute Gasteiger partial charge is 0.356 e. The molecule has 2 aromatic rings. The van der Waals surface area contributed by atoms with Crippen LogP contribution in [0.25, 0.3) is 5.52 Å². The van der Waals surface area contributed by atoms with Gasteiger partial charge < -0.3 is 10.8 Å². The second kappa shape index (κ2) is 4.73. The van der Waals surface area contributed by atoms with Crippen molar-refractivity contribution < 1.29 is 9.90 Å². The Labute approximate surface area is 103 Å². The molecular weight excluding hydrogens is 242 g/mol. The molecule has 0 aliphatic rings. The van der Waals surface area contributed by atoms with E-state index in [-0.39, 0.29) is 5.69 Å². The zero-order valence-corrected chi connectivity index (χ0v) is 9.81. The average Bonchev–Trinajstić information content (AvgIpc) is 2.67. The Balaban J connectivity index is 2.63. The first-order valence-corrected chi connectivity index (χ1v) is 5.62. The van der Waals surface area contributed by atoms with E-state index in [4.69, 9.17) is 22.4 Å². The van der Waals surface area contributed by atoms with Crippen molar-refractivity contribution >= 4 is 23.1 Å². The summed E-state index contributed by atoms with van der Waals surface area (Å²) in [7, 11) is 0. The van der Waals surface area contributed by atoms with Crippen molar-refractivity contribution in [3.63, 3.8) is 0 Å². The van der Waals surface area contributed by atoms with E-state index >= 15 is 0 Å². The van der Waals surface area contributed by atoms with Gasteiger partial charge in [-0.3, -0.25) is 4.40 Å². The average molecular weight is 254 g/mol. The minimum absolute atomic E-state index is 0.0273. The lowest BCUT2D eigenvalue weighted by atomic mass is 10.3. The normalized spacial score (nSPS) is 10.9. The van der Waals surface area contributed by atoms with Crippen molar-refractivity contribution in [2.24, 2.45) is 5.73 Å². The Bertz CT molecular complexity index is 565. The number of nitrogens with two attached hydrogens (primary N) is 1. The van der Waals surface area contributed by atoms with E-state index in [1.165, 1.54) is 0 Å². The lowest BCUT2D eigenvalue weighted by molar-refractivity contribution is 0.0693. The van der Waals surface area contributed by atoms with Crippen molar-refractivity contribution in [3.05, 3.63) is 34.9 Å². The fourth-order valence-corrected chi connectivity index (χ4v) is 2.01. The molecule has 17 heavy (non-hydrogen) atoms. The molecule has 0 aliphatic carbocycles. The van der Waals surface area contributed by atoms with E-state index in [1.54, 1.807) is 22.6 Å². The van der Waals surface area contributed by atoms with Crippen LogP contribution in [-0.4, -0.2) is 27.0 Å². The number of aromatic nitrogens is 2. The van der Waals surface area contributed by atoms with Gasteiger partial charge in [-0.05, 0) is 25.1 Å². The van der Waals surface area contributed by atoms with Gasteiger partial charge in [-0.15, -0.1) is 0 Å². The molecule has 0 fully saturated rings. The zero-order chi connectivity index (χ0) is 12.4. The number of nitrogens with zero attached hydrogens (tertiary/aromatic N) is 2. The topological polar surface area (TPSA) is 80.6 Å². The van der Waals surface area contributed by atoms with E-state index in [9.17, 15) is 4.79 Å². The number of pyridine rings is 1. The van der Waals surface area contributed by atoms with Crippen LogP contribution >= 0.6 is 11.6 Å². The van der Waals surface area contributed by atoms with Crippen LogP contribution in [0.3, 0.4) is 0 Å². The van der Waals surface area contributed by atoms with Gasteiger partial charge in [-0.25, -0.2) is 9.78 Å². The summed E-state index contributed by atoms with van der Waals surface area (Å²) in [4.78, 5) is 15.2. The number of aromatic carboxylic acids is 1. The molecule has 6 heteroatoms. The fourth-order valence-electron chi connectivity index (χ4n) is 1.75. The van der Waals surface area contributed by atoms with Gasteiger partial charge in [0.05, 0.1) is 5.52 Å². The Hall–Kier alpha value is -1.59. The number of halogens is 1. The summed E-state index contributed by atoms with van der Waals surface area (Å²) in [5, 5.41) is 9.52. The second-order valence-corrected chi connectivity index (χ2v) is 4.03. The van der Waals surface area contributed by atoms with Gasteiger partial charge >= 0.3 is 5.97 Å². The van der Waals surface area contributed by atoms with Gasteiger partial charge in [0.2, 0.25) is 0 Å². The quantitative estimate of drug-likeness (QED) is 0.811. The van der Waals surface area contributed by atoms with Crippen LogP contribution in [0.1, 0.15) is 22.7 Å². The van der Waals surface area contributed by atoms with Gasteiger partial charge in [-0.1, -0.05) is 17.7 Å². The molecule has 3 N–H and O–H groups in total. The van der Waals surface area contributed by atoms with Crippen molar-refractivity contribution in [1.29, 1.82) is 0 Å². The number of aryl methyl sites for hydroxylation is 1. The third-order valence-electron chi connectivity index (χ3n) is 2.49. The van der Waals surface area contributed by atoms with Crippen molar-refractivity contribution in [1.82, 2.24) is 9.38 Å². The number of fused-ring (bicyclic) bond motifs is 1. The van der Waals surface area contributed by atoms with E-state index in [0.29, 0.717) is 29.5 Å². The molecule has 0 aromatic carbocycles. The minimum Gasteiger partial charge on any atom is -0.476 e. The summed E-state index contributed by atoms with van der Waals surface area (Å²) < 4.78 is 1.65. The maximum atomic E-state index is 11.1. The number of hydrogen-bond acceptors (Lipinski definition) is 3. The first kappa shape index (κ1) is 11.9. The fraction of sp³-hybridized carbons (Fsp3) is 0.273. The van der Waals surface area contributed by atoms with Gasteiger partial charge in [0.15, 0.2) is 5.69 Å². The molecule has 0 unspecified atom stereocenters. The van der Waals surface area contributed by atoms with E-state index in [2.05, 4.69) is 4.98 Å². The van der Waals surface area contributed by atoms with Crippen LogP contribution in [-0.2, 0) is 6.42 Å². The molecule has 0 aliphatic heterocycles. The Morgan fingerprint density at radius 2 is 2.29 bits per heavy atom. The number of carboxylic acid groups (broad SMARTS) is 1. The van der Waals surface area contributed by atoms with Gasteiger partial charge in [0.25, 0.3) is 0 Å². The molecule has 2 rings (SSSR count). The Morgan fingerprint density at radius 1 is 1.53 bits per heavy atom. The van der Waals surface area contributed by atoms with Crippen LogP contribution in [0, 0.1) is 0 Å². The maximum Gasteiger partial charge on any atom is 0.356 e. The molecule has 0 spiro atoms. The highest BCUT2D eigenvalue weighted by molar-refractivity contribution is 6.29. The number of rotatable bonds is 4. The number of imidazole rings is 1. The third kappa shape index (κ3) is 2.11. The van der Waals surface area contributed by atoms with E-state index < -0.39 is 5.97 Å². The number of hydrogen-bond donors (Lipinski definition) is 2. The second-order valence-electron chi connectivity index (χ2n) is 3.64. The Morgan fingerprint density at radius 3 is 2.94 bits per heavy atom. The van der Waals surface area contributed by atoms with E-state index in [0.717, 1.165) is 6.42 Å². The number of carboxylic acids is 1. The summed E-state index contributed by atoms with van der Waals surface area (Å²) in [6.07, 6.45) is 1.35.